The Hall–Kier alpha value is -2.34. The molecule has 1 aliphatic heterocycles. The molecule has 0 aliphatic carbocycles. The number of hydrogen-bond donors (Lipinski definition) is 2. The highest BCUT2D eigenvalue weighted by Gasteiger charge is 2.25. The van der Waals surface area contributed by atoms with Crippen LogP contribution < -0.4 is 10.6 Å². The van der Waals surface area contributed by atoms with E-state index in [-0.39, 0.29) is 18.6 Å². The van der Waals surface area contributed by atoms with Crippen LogP contribution in [-0.4, -0.2) is 43.6 Å². The van der Waals surface area contributed by atoms with Crippen LogP contribution in [0.2, 0.25) is 0 Å². The molecule has 1 aliphatic rings. The second-order valence-electron chi connectivity index (χ2n) is 5.49. The van der Waals surface area contributed by atoms with Crippen LogP contribution in [0.3, 0.4) is 0 Å². The second-order valence-corrected chi connectivity index (χ2v) is 5.49. The SMILES string of the molecule is CCOC(=O)C1=C(CN(C)[C@H](C)c2ccccc2)NC(=O)NC1. The smallest absolute Gasteiger partial charge is 0.337 e. The number of ether oxygens (including phenoxy) is 1. The molecule has 1 aromatic rings. The van der Waals surface area contributed by atoms with E-state index in [9.17, 15) is 9.59 Å². The maximum absolute atomic E-state index is 12.0. The maximum Gasteiger partial charge on any atom is 0.337 e. The first-order chi connectivity index (χ1) is 11.0. The number of likely N-dealkylation sites (N-methyl/N-ethyl adjacent to an activating group) is 1. The fourth-order valence-electron chi connectivity index (χ4n) is 2.45. The van der Waals surface area contributed by atoms with E-state index in [1.165, 1.54) is 5.56 Å². The third-order valence-electron chi connectivity index (χ3n) is 3.93. The van der Waals surface area contributed by atoms with Crippen LogP contribution in [0.1, 0.15) is 25.5 Å². The van der Waals surface area contributed by atoms with E-state index in [4.69, 9.17) is 4.74 Å². The molecule has 2 rings (SSSR count). The van der Waals surface area contributed by atoms with Gasteiger partial charge in [0.1, 0.15) is 0 Å². The number of nitrogens with zero attached hydrogens (tertiary/aromatic N) is 1. The van der Waals surface area contributed by atoms with Crippen LogP contribution in [0.5, 0.6) is 0 Å². The Morgan fingerprint density at radius 3 is 2.70 bits per heavy atom. The van der Waals surface area contributed by atoms with Crippen LogP contribution in [0.4, 0.5) is 4.79 Å². The Morgan fingerprint density at radius 1 is 1.35 bits per heavy atom. The number of nitrogens with one attached hydrogen (secondary N) is 2. The van der Waals surface area contributed by atoms with E-state index in [2.05, 4.69) is 34.6 Å². The summed E-state index contributed by atoms with van der Waals surface area (Å²) in [7, 11) is 1.96. The van der Waals surface area contributed by atoms with Crippen molar-refractivity contribution in [1.29, 1.82) is 0 Å². The van der Waals surface area contributed by atoms with Gasteiger partial charge in [0.2, 0.25) is 0 Å². The topological polar surface area (TPSA) is 70.7 Å². The number of esters is 1. The highest BCUT2D eigenvalue weighted by atomic mass is 16.5. The van der Waals surface area contributed by atoms with Crippen molar-refractivity contribution in [1.82, 2.24) is 15.5 Å². The zero-order valence-electron chi connectivity index (χ0n) is 13.8. The molecule has 0 unspecified atom stereocenters. The molecule has 23 heavy (non-hydrogen) atoms. The minimum atomic E-state index is -0.393. The lowest BCUT2D eigenvalue weighted by Gasteiger charge is -2.29. The van der Waals surface area contributed by atoms with Gasteiger partial charge in [-0.25, -0.2) is 9.59 Å². The Labute approximate surface area is 136 Å². The number of benzene rings is 1. The van der Waals surface area contributed by atoms with Gasteiger partial charge in [-0.2, -0.15) is 0 Å². The van der Waals surface area contributed by atoms with Gasteiger partial charge in [-0.1, -0.05) is 30.3 Å². The van der Waals surface area contributed by atoms with Crippen LogP contribution in [0, 0.1) is 0 Å². The van der Waals surface area contributed by atoms with E-state index >= 15 is 0 Å². The van der Waals surface area contributed by atoms with Crippen molar-refractivity contribution in [3.63, 3.8) is 0 Å². The second kappa shape index (κ2) is 7.78. The van der Waals surface area contributed by atoms with Gasteiger partial charge >= 0.3 is 12.0 Å². The fraction of sp³-hybridized carbons (Fsp3) is 0.412. The summed E-state index contributed by atoms with van der Waals surface area (Å²) in [6, 6.07) is 9.94. The molecule has 2 N–H and O–H groups in total. The molecule has 0 saturated heterocycles. The van der Waals surface area contributed by atoms with Crippen molar-refractivity contribution in [3.8, 4) is 0 Å². The summed E-state index contributed by atoms with van der Waals surface area (Å²) in [5, 5.41) is 5.34. The highest BCUT2D eigenvalue weighted by molar-refractivity contribution is 5.93. The lowest BCUT2D eigenvalue weighted by Crippen LogP contribution is -2.46. The summed E-state index contributed by atoms with van der Waals surface area (Å²) in [6.07, 6.45) is 0. The molecule has 2 amide bonds. The lowest BCUT2D eigenvalue weighted by atomic mass is 10.1. The molecule has 0 aromatic heterocycles. The van der Waals surface area contributed by atoms with Crippen molar-refractivity contribution in [2.45, 2.75) is 19.9 Å². The van der Waals surface area contributed by atoms with E-state index in [0.29, 0.717) is 24.4 Å². The van der Waals surface area contributed by atoms with Crippen LogP contribution >= 0.6 is 0 Å². The molecule has 0 saturated carbocycles. The largest absolute Gasteiger partial charge is 0.463 e. The maximum atomic E-state index is 12.0. The molecule has 6 nitrogen and oxygen atoms in total. The zero-order valence-corrected chi connectivity index (χ0v) is 13.8. The monoisotopic (exact) mass is 317 g/mol. The minimum absolute atomic E-state index is 0.152. The van der Waals surface area contributed by atoms with Gasteiger partial charge in [-0.3, -0.25) is 4.90 Å². The molecular formula is C17H23N3O3. The lowest BCUT2D eigenvalue weighted by molar-refractivity contribution is -0.138. The highest BCUT2D eigenvalue weighted by Crippen LogP contribution is 2.20. The Morgan fingerprint density at radius 2 is 2.04 bits per heavy atom. The Bertz CT molecular complexity index is 598. The van der Waals surface area contributed by atoms with E-state index in [1.54, 1.807) is 6.92 Å². The first kappa shape index (κ1) is 17.0. The first-order valence-corrected chi connectivity index (χ1v) is 7.72. The summed E-state index contributed by atoms with van der Waals surface area (Å²) < 4.78 is 5.07. The predicted octanol–water partition coefficient (Wildman–Crippen LogP) is 1.81. The van der Waals surface area contributed by atoms with Crippen molar-refractivity contribution in [2.24, 2.45) is 0 Å². The fourth-order valence-corrected chi connectivity index (χ4v) is 2.45. The van der Waals surface area contributed by atoms with E-state index in [1.807, 2.05) is 25.2 Å². The summed E-state index contributed by atoms with van der Waals surface area (Å²) in [5.41, 5.74) is 2.24. The number of carbonyl (C=O) groups is 2. The van der Waals surface area contributed by atoms with Crippen molar-refractivity contribution in [3.05, 3.63) is 47.2 Å². The minimum Gasteiger partial charge on any atom is -0.463 e. The zero-order chi connectivity index (χ0) is 16.8. The Balaban J connectivity index is 2.16. The van der Waals surface area contributed by atoms with Gasteiger partial charge in [-0.15, -0.1) is 0 Å². The number of rotatable bonds is 6. The number of carbonyl (C=O) groups excluding carboxylic acids is 2. The molecule has 6 heteroatoms. The molecule has 1 atom stereocenters. The summed E-state index contributed by atoms with van der Waals surface area (Å²) in [5.74, 6) is -0.393. The summed E-state index contributed by atoms with van der Waals surface area (Å²) in [4.78, 5) is 25.7. The van der Waals surface area contributed by atoms with E-state index in [0.717, 1.165) is 0 Å². The predicted molar refractivity (Wildman–Crippen MR) is 87.7 cm³/mol. The van der Waals surface area contributed by atoms with Crippen LogP contribution in [0.25, 0.3) is 0 Å². The van der Waals surface area contributed by atoms with Gasteiger partial charge in [0.15, 0.2) is 0 Å². The number of urea groups is 1. The number of hydrogen-bond acceptors (Lipinski definition) is 4. The standard InChI is InChI=1S/C17H23N3O3/c1-4-23-16(21)14-10-18-17(22)19-15(14)11-20(3)12(2)13-8-6-5-7-9-13/h5-9,12H,4,10-11H2,1-3H3,(H2,18,19,22)/t12-/m1/s1. The third kappa shape index (κ3) is 4.32. The van der Waals surface area contributed by atoms with Gasteiger partial charge in [0.25, 0.3) is 0 Å². The Kier molecular flexibility index (Phi) is 5.76. The average Bonchev–Trinajstić information content (AvgIpc) is 2.55. The summed E-state index contributed by atoms with van der Waals surface area (Å²) >= 11 is 0. The number of amides is 2. The quantitative estimate of drug-likeness (QED) is 0.785. The van der Waals surface area contributed by atoms with Crippen molar-refractivity contribution >= 4 is 12.0 Å². The molecule has 1 aromatic carbocycles. The molecule has 0 bridgehead atoms. The van der Waals surface area contributed by atoms with Gasteiger partial charge in [0.05, 0.1) is 18.7 Å². The summed E-state index contributed by atoms with van der Waals surface area (Å²) in [6.45, 7) is 4.80. The van der Waals surface area contributed by atoms with Gasteiger partial charge < -0.3 is 15.4 Å². The first-order valence-electron chi connectivity index (χ1n) is 7.72. The van der Waals surface area contributed by atoms with Crippen molar-refractivity contribution < 1.29 is 14.3 Å². The van der Waals surface area contributed by atoms with Crippen LogP contribution in [-0.2, 0) is 9.53 Å². The normalized spacial score (nSPS) is 15.9. The van der Waals surface area contributed by atoms with Gasteiger partial charge in [0, 0.05) is 18.3 Å². The molecule has 0 spiro atoms. The third-order valence-corrected chi connectivity index (χ3v) is 3.93. The van der Waals surface area contributed by atoms with Crippen LogP contribution in [0.15, 0.2) is 41.6 Å². The molecule has 1 heterocycles. The molecule has 0 fully saturated rings. The van der Waals surface area contributed by atoms with Crippen molar-refractivity contribution in [2.75, 3.05) is 26.7 Å². The molecule has 0 radical (unpaired) electrons. The molecular weight excluding hydrogens is 294 g/mol. The average molecular weight is 317 g/mol. The van der Waals surface area contributed by atoms with Gasteiger partial charge in [-0.05, 0) is 26.5 Å². The molecule has 124 valence electrons. The van der Waals surface area contributed by atoms with E-state index < -0.39 is 5.97 Å².